The molecule has 38 heteroatoms. The molecule has 0 unspecified atom stereocenters. The molecule has 0 atom stereocenters. The number of carboxylic acids is 1. The summed E-state index contributed by atoms with van der Waals surface area (Å²) in [5, 5.41) is 53.4. The molecule has 0 radical (unpaired) electrons. The molecule has 0 aromatic heterocycles. The molecule has 0 saturated carbocycles. The average Bonchev–Trinajstić information content (AvgIpc) is 0.858. The van der Waals surface area contributed by atoms with Crippen molar-refractivity contribution < 1.29 is 70.3 Å². The molecule has 598 valence electrons. The first-order valence-corrected chi connectivity index (χ1v) is 47.8. The van der Waals surface area contributed by atoms with Gasteiger partial charge in [-0.05, 0) is 218 Å². The van der Waals surface area contributed by atoms with Crippen LogP contribution in [0.1, 0.15) is 107 Å². The van der Waals surface area contributed by atoms with Crippen LogP contribution < -0.4 is 38.1 Å². The Morgan fingerprint density at radius 2 is 0.626 bits per heavy atom. The molecule has 0 aliphatic carbocycles. The number of aromatic carboxylic acids is 1. The zero-order valence-corrected chi connectivity index (χ0v) is 74.9. The van der Waals surface area contributed by atoms with E-state index in [2.05, 4.69) is 106 Å². The number of nitrogens with two attached hydrogens (primary N) is 2. The number of nitrogens with zero attached hydrogens (tertiary/aromatic N) is 3. The third-order valence-corrected chi connectivity index (χ3v) is 17.6. The molecule has 0 fully saturated rings. The molecule has 0 spiro atoms. The van der Waals surface area contributed by atoms with Crippen LogP contribution in [0.3, 0.4) is 0 Å². The van der Waals surface area contributed by atoms with Crippen molar-refractivity contribution in [2.75, 3.05) is 38.1 Å². The van der Waals surface area contributed by atoms with Crippen LogP contribution in [0.4, 0.5) is 56.9 Å². The van der Waals surface area contributed by atoms with Crippen molar-refractivity contribution in [3.63, 3.8) is 0 Å². The second-order valence-electron chi connectivity index (χ2n) is 22.7. The van der Waals surface area contributed by atoms with Gasteiger partial charge in [0.2, 0.25) is 11.1 Å². The van der Waals surface area contributed by atoms with E-state index in [0.717, 1.165) is 8.95 Å². The molecule has 5 amide bonds. The van der Waals surface area contributed by atoms with Crippen LogP contribution in [0, 0.1) is 42.2 Å². The number of benzene rings is 10. The number of nitro groups is 3. The standard InChI is InChI=1S/C18H19BrN2O2.2C13H9BrN2O3.C13H11BrN2O.C7H5BrO2.C6H6N2O2.C5H9ClO.2CH4.2Na.O4S2/c1-12(2)10-17(22)20-13-6-5-7-14(11-13)21-18(23)15-8-3-4-9-16(15)19;2*14-12-7-2-1-6-11(12)13(17)15-9-4-3-5-10(8-9)16(18)19;14-12-7-2-1-6-11(12)13(17)16-10-5-3-4-9(15)8-10;8-6-4-2-1-3-5(6)7(9)10;7-5-2-1-3-6(4-5)8(9)10;1-4(2)3-5(6)7;;;;;1-5(2)6(3)4/h3-9,11-12H,10H2,1-2H3,(H,20,22)(H,21,23);2*1-8H,(H,15,17);1-8H,15H2,(H,16,17);1-4H,(H,9,10);1-4H,7H2;4H,3H2,1-2H3;2*1H4;;;. The van der Waals surface area contributed by atoms with Gasteiger partial charge in [0.1, 0.15) is 0 Å². The van der Waals surface area contributed by atoms with E-state index < -0.39 is 39.3 Å². The molecule has 28 nitrogen and oxygen atoms in total. The van der Waals surface area contributed by atoms with Crippen LogP contribution in [0.25, 0.3) is 0 Å². The van der Waals surface area contributed by atoms with Gasteiger partial charge in [-0.2, -0.15) is 16.8 Å². The van der Waals surface area contributed by atoms with Crippen molar-refractivity contribution in [2.24, 2.45) is 11.8 Å². The van der Waals surface area contributed by atoms with Gasteiger partial charge in [-0.3, -0.25) is 59.1 Å². The SMILES string of the molecule is C.C.CC(C)CC(=O)Cl.CC(C)CC(=O)Nc1cccc(NC(=O)c2ccccc2Br)c1.Nc1cccc(NC(=O)c2ccccc2Br)c1.Nc1cccc([N+](=O)[O-])c1.O=C(Nc1cccc([N+](=O)[O-])c1)c1ccccc1Br.O=C(Nc1cccc([N+](=O)[O-])c1)c1ccccc1Br.O=C(O)c1ccccc1Br.O=S(=O)=S(=O)=O.[Na][Na]. The Hall–Kier alpha value is -9.18. The molecular weight excluding hydrogens is 1900 g/mol. The fraction of sp³-hybridized carbons (Fsp3) is 0.130. The molecule has 0 aliphatic heterocycles. The first-order chi connectivity index (χ1) is 53.5. The first kappa shape index (κ1) is 106. The van der Waals surface area contributed by atoms with Crippen molar-refractivity contribution in [1.82, 2.24) is 0 Å². The van der Waals surface area contributed by atoms with Crippen LogP contribution in [0.5, 0.6) is 0 Å². The minimum atomic E-state index is -2.95. The van der Waals surface area contributed by atoms with Gasteiger partial charge >= 0.3 is 68.1 Å². The van der Waals surface area contributed by atoms with Crippen LogP contribution >= 0.6 is 91.3 Å². The van der Waals surface area contributed by atoms with Crippen molar-refractivity contribution in [1.29, 1.82) is 0 Å². The second kappa shape index (κ2) is 57.8. The fourth-order valence-electron chi connectivity index (χ4n) is 8.24. The molecule has 10 aromatic carbocycles. The average molecular weight is 1970 g/mol. The Morgan fingerprint density at radius 1 is 0.383 bits per heavy atom. The number of halogens is 6. The maximum atomic E-state index is 12.3. The Morgan fingerprint density at radius 3 is 0.861 bits per heavy atom. The summed E-state index contributed by atoms with van der Waals surface area (Å²) in [6.45, 7) is 7.91. The molecule has 0 heterocycles. The number of carbonyl (C=O) groups is 7. The number of nitrogens with one attached hydrogen (secondary N) is 5. The summed E-state index contributed by atoms with van der Waals surface area (Å²) in [7, 11) is -5.90. The summed E-state index contributed by atoms with van der Waals surface area (Å²) in [6.07, 6.45) is 0.953. The van der Waals surface area contributed by atoms with E-state index in [0.29, 0.717) is 106 Å². The third kappa shape index (κ3) is 43.4. The fourth-order valence-corrected chi connectivity index (χ4v) is 10.9. The van der Waals surface area contributed by atoms with Crippen molar-refractivity contribution in [3.05, 3.63) is 323 Å². The number of hydrogen-bond acceptors (Lipinski definition) is 19. The van der Waals surface area contributed by atoms with E-state index in [1.165, 1.54) is 92.1 Å². The minimum absolute atomic E-state index is 0. The normalized spacial score (nSPS) is 9.50. The summed E-state index contributed by atoms with van der Waals surface area (Å²) in [4.78, 5) is 110. The number of rotatable bonds is 17. The van der Waals surface area contributed by atoms with E-state index >= 15 is 0 Å². The van der Waals surface area contributed by atoms with Crippen LogP contribution in [-0.2, 0) is 28.1 Å². The summed E-state index contributed by atoms with van der Waals surface area (Å²) < 4.78 is 39.8. The van der Waals surface area contributed by atoms with Crippen LogP contribution in [0.2, 0.25) is 0 Å². The van der Waals surface area contributed by atoms with Crippen molar-refractivity contribution in [2.45, 2.75) is 55.4 Å². The number of nitrogen functional groups attached to an aromatic ring is 2. The Labute approximate surface area is 741 Å². The van der Waals surface area contributed by atoms with Gasteiger partial charge in [0.15, 0.2) is 0 Å². The van der Waals surface area contributed by atoms with Crippen molar-refractivity contribution in [3.8, 4) is 0 Å². The summed E-state index contributed by atoms with van der Waals surface area (Å²) in [5.41, 5.74) is 17.0. The van der Waals surface area contributed by atoms with Crippen LogP contribution in [0.15, 0.2) is 265 Å². The van der Waals surface area contributed by atoms with E-state index in [4.69, 9.17) is 45.0 Å². The summed E-state index contributed by atoms with van der Waals surface area (Å²) in [5.74, 6) is -1.27. The number of amides is 5. The molecule has 10 N–H and O–H groups in total. The molecule has 0 saturated heterocycles. The van der Waals surface area contributed by atoms with E-state index in [1.807, 2.05) is 64.1 Å². The number of carboxylic acid groups (broad SMARTS) is 1. The molecule has 10 rings (SSSR count). The zero-order chi connectivity index (χ0) is 84.9. The van der Waals surface area contributed by atoms with Gasteiger partial charge in [0.25, 0.3) is 40.7 Å². The predicted octanol–water partition coefficient (Wildman–Crippen LogP) is 19.5. The molecular formula is C77H76Br5ClN10Na2O18S2. The van der Waals surface area contributed by atoms with Gasteiger partial charge in [-0.25, -0.2) is 4.79 Å². The quantitative estimate of drug-likeness (QED) is 0.0138. The molecule has 0 aliphatic rings. The Bertz CT molecular complexity index is 5080. The summed E-state index contributed by atoms with van der Waals surface area (Å²) in [6, 6.07) is 66.8. The van der Waals surface area contributed by atoms with Gasteiger partial charge in [0.05, 0.1) is 42.6 Å². The second-order valence-corrected chi connectivity index (χ2v) is 29.8. The van der Waals surface area contributed by atoms with Gasteiger partial charge < -0.3 is 43.2 Å². The van der Waals surface area contributed by atoms with Gasteiger partial charge in [0, 0.05) is 111 Å². The Kier molecular flexibility index (Phi) is 53.2. The first-order valence-electron chi connectivity index (χ1n) is 32.8. The van der Waals surface area contributed by atoms with E-state index in [-0.39, 0.29) is 66.7 Å². The van der Waals surface area contributed by atoms with Gasteiger partial charge in [-0.15, -0.1) is 0 Å². The molecule has 10 aromatic rings. The number of carbonyl (C=O) groups excluding carboxylic acids is 6. The predicted molar refractivity (Wildman–Crippen MR) is 472 cm³/mol. The topological polar surface area (TPSA) is 450 Å². The summed E-state index contributed by atoms with van der Waals surface area (Å²) >= 11 is 24.3. The zero-order valence-electron chi connectivity index (χ0n) is 60.6. The third-order valence-electron chi connectivity index (χ3n) is 13.1. The number of nitro benzene ring substituents is 3. The maximum absolute atomic E-state index is 12.3. The number of non-ortho nitro benzene ring substituents is 3. The van der Waals surface area contributed by atoms with E-state index in [9.17, 15) is 63.9 Å². The van der Waals surface area contributed by atoms with Crippen LogP contribution in [-0.4, -0.2) is 121 Å². The van der Waals surface area contributed by atoms with Gasteiger partial charge in [-0.1, -0.05) is 134 Å². The number of anilines is 7. The monoisotopic (exact) mass is 1970 g/mol. The van der Waals surface area contributed by atoms with Crippen molar-refractivity contribution >= 4 is 251 Å². The van der Waals surface area contributed by atoms with E-state index in [1.54, 1.807) is 158 Å². The molecule has 115 heavy (non-hydrogen) atoms. The molecule has 0 bridgehead atoms. The number of hydrogen-bond donors (Lipinski definition) is 8. The Balaban J connectivity index is 0.00000132.